The van der Waals surface area contributed by atoms with Crippen LogP contribution in [0, 0.1) is 5.92 Å². The monoisotopic (exact) mass is 315 g/mol. The molecule has 0 aromatic heterocycles. The minimum absolute atomic E-state index is 0.158. The first-order valence-corrected chi connectivity index (χ1v) is 8.23. The van der Waals surface area contributed by atoms with Crippen molar-refractivity contribution < 1.29 is 5.11 Å². The van der Waals surface area contributed by atoms with Crippen molar-refractivity contribution >= 4 is 23.2 Å². The van der Waals surface area contributed by atoms with Gasteiger partial charge in [0.05, 0.1) is 6.10 Å². The molecule has 1 aromatic rings. The highest BCUT2D eigenvalue weighted by atomic mass is 35.5. The summed E-state index contributed by atoms with van der Waals surface area (Å²) in [7, 11) is 0. The highest BCUT2D eigenvalue weighted by molar-refractivity contribution is 6.35. The minimum Gasteiger partial charge on any atom is -0.393 e. The molecule has 2 rings (SSSR count). The van der Waals surface area contributed by atoms with E-state index >= 15 is 0 Å². The Bertz CT molecular complexity index is 438. The quantitative estimate of drug-likeness (QED) is 0.833. The fourth-order valence-electron chi connectivity index (χ4n) is 2.98. The van der Waals surface area contributed by atoms with Crippen LogP contribution < -0.4 is 5.32 Å². The predicted octanol–water partition coefficient (Wildman–Crippen LogP) is 4.59. The molecule has 1 aromatic carbocycles. The number of aliphatic hydroxyl groups excluding tert-OH is 1. The van der Waals surface area contributed by atoms with Crippen LogP contribution in [-0.4, -0.2) is 17.8 Å². The molecule has 0 radical (unpaired) electrons. The number of aliphatic hydroxyl groups is 1. The van der Waals surface area contributed by atoms with Crippen LogP contribution in [0.2, 0.25) is 10.0 Å². The Balaban J connectivity index is 1.98. The molecule has 0 heterocycles. The lowest BCUT2D eigenvalue weighted by molar-refractivity contribution is 0.0680. The van der Waals surface area contributed by atoms with E-state index in [0.717, 1.165) is 37.8 Å². The van der Waals surface area contributed by atoms with Gasteiger partial charge in [0.25, 0.3) is 0 Å². The molecule has 3 atom stereocenters. The Morgan fingerprint density at radius 3 is 2.70 bits per heavy atom. The van der Waals surface area contributed by atoms with Gasteiger partial charge in [-0.1, -0.05) is 49.0 Å². The summed E-state index contributed by atoms with van der Waals surface area (Å²) < 4.78 is 0. The normalized spacial score (nSPS) is 24.6. The SMILES string of the molecule is CCC(NCC1CCCCC1O)c1ccc(Cl)cc1Cl. The molecule has 3 unspecified atom stereocenters. The molecule has 4 heteroatoms. The maximum absolute atomic E-state index is 10.0. The van der Waals surface area contributed by atoms with Gasteiger partial charge in [-0.05, 0) is 42.9 Å². The summed E-state index contributed by atoms with van der Waals surface area (Å²) in [5.74, 6) is 0.365. The maximum atomic E-state index is 10.0. The Morgan fingerprint density at radius 1 is 1.30 bits per heavy atom. The Kier molecular flexibility index (Phi) is 6.16. The Labute approximate surface area is 131 Å². The van der Waals surface area contributed by atoms with E-state index in [2.05, 4.69) is 12.2 Å². The van der Waals surface area contributed by atoms with Gasteiger partial charge in [0.1, 0.15) is 0 Å². The van der Waals surface area contributed by atoms with Gasteiger partial charge < -0.3 is 10.4 Å². The van der Waals surface area contributed by atoms with E-state index in [1.54, 1.807) is 6.07 Å². The number of benzene rings is 1. The number of rotatable bonds is 5. The first-order chi connectivity index (χ1) is 9.61. The molecule has 0 saturated heterocycles. The van der Waals surface area contributed by atoms with Crippen LogP contribution in [0.25, 0.3) is 0 Å². The van der Waals surface area contributed by atoms with E-state index in [-0.39, 0.29) is 12.1 Å². The zero-order valence-electron chi connectivity index (χ0n) is 11.9. The third-order valence-electron chi connectivity index (χ3n) is 4.24. The highest BCUT2D eigenvalue weighted by Crippen LogP contribution is 2.29. The molecular formula is C16H23Cl2NO. The molecule has 112 valence electrons. The molecule has 2 nitrogen and oxygen atoms in total. The van der Waals surface area contributed by atoms with Gasteiger partial charge in [0, 0.05) is 22.6 Å². The standard InChI is InChI=1S/C16H23Cl2NO/c1-2-15(13-8-7-12(17)9-14(13)18)19-10-11-5-3-4-6-16(11)20/h7-9,11,15-16,19-20H,2-6,10H2,1H3. The second kappa shape index (κ2) is 7.65. The Hall–Kier alpha value is -0.280. The van der Waals surface area contributed by atoms with Crippen molar-refractivity contribution in [2.24, 2.45) is 5.92 Å². The van der Waals surface area contributed by atoms with Gasteiger partial charge in [0.15, 0.2) is 0 Å². The summed E-state index contributed by atoms with van der Waals surface area (Å²) in [6.45, 7) is 2.98. The fraction of sp³-hybridized carbons (Fsp3) is 0.625. The van der Waals surface area contributed by atoms with Gasteiger partial charge in [-0.2, -0.15) is 0 Å². The van der Waals surface area contributed by atoms with Gasteiger partial charge in [-0.15, -0.1) is 0 Å². The molecule has 0 amide bonds. The van der Waals surface area contributed by atoms with Gasteiger partial charge in [0.2, 0.25) is 0 Å². The first kappa shape index (κ1) is 16.1. The lowest BCUT2D eigenvalue weighted by atomic mass is 9.86. The van der Waals surface area contributed by atoms with Crippen molar-refractivity contribution in [1.29, 1.82) is 0 Å². The molecule has 0 bridgehead atoms. The number of hydrogen-bond donors (Lipinski definition) is 2. The molecule has 2 N–H and O–H groups in total. The summed E-state index contributed by atoms with van der Waals surface area (Å²) in [5.41, 5.74) is 1.09. The zero-order valence-corrected chi connectivity index (χ0v) is 13.4. The summed E-state index contributed by atoms with van der Waals surface area (Å²) in [6, 6.07) is 5.87. The summed E-state index contributed by atoms with van der Waals surface area (Å²) in [5, 5.41) is 15.0. The average molecular weight is 316 g/mol. The van der Waals surface area contributed by atoms with Gasteiger partial charge >= 0.3 is 0 Å². The van der Waals surface area contributed by atoms with Crippen LogP contribution in [0.4, 0.5) is 0 Å². The van der Waals surface area contributed by atoms with Crippen LogP contribution in [0.3, 0.4) is 0 Å². The topological polar surface area (TPSA) is 32.3 Å². The van der Waals surface area contributed by atoms with E-state index in [9.17, 15) is 5.11 Å². The lowest BCUT2D eigenvalue weighted by Gasteiger charge is -2.30. The predicted molar refractivity (Wildman–Crippen MR) is 85.5 cm³/mol. The van der Waals surface area contributed by atoms with Crippen molar-refractivity contribution in [3.05, 3.63) is 33.8 Å². The van der Waals surface area contributed by atoms with E-state index in [1.807, 2.05) is 12.1 Å². The van der Waals surface area contributed by atoms with Crippen molar-refractivity contribution in [3.63, 3.8) is 0 Å². The fourth-order valence-corrected chi connectivity index (χ4v) is 3.52. The van der Waals surface area contributed by atoms with Crippen LogP contribution in [-0.2, 0) is 0 Å². The number of halogens is 2. The minimum atomic E-state index is -0.158. The summed E-state index contributed by atoms with van der Waals surface area (Å²) in [6.07, 6.45) is 5.22. The number of hydrogen-bond acceptors (Lipinski definition) is 2. The molecule has 1 aliphatic rings. The smallest absolute Gasteiger partial charge is 0.0580 e. The highest BCUT2D eigenvalue weighted by Gasteiger charge is 2.24. The van der Waals surface area contributed by atoms with Crippen LogP contribution in [0.1, 0.15) is 50.6 Å². The van der Waals surface area contributed by atoms with E-state index in [1.165, 1.54) is 6.42 Å². The lowest BCUT2D eigenvalue weighted by Crippen LogP contribution is -2.35. The van der Waals surface area contributed by atoms with Crippen molar-refractivity contribution in [3.8, 4) is 0 Å². The zero-order chi connectivity index (χ0) is 14.5. The molecule has 0 aliphatic heterocycles. The third kappa shape index (κ3) is 4.11. The molecular weight excluding hydrogens is 293 g/mol. The van der Waals surface area contributed by atoms with E-state index in [4.69, 9.17) is 23.2 Å². The number of nitrogens with one attached hydrogen (secondary N) is 1. The average Bonchev–Trinajstić information content (AvgIpc) is 2.43. The van der Waals surface area contributed by atoms with Gasteiger partial charge in [-0.25, -0.2) is 0 Å². The molecule has 1 fully saturated rings. The van der Waals surface area contributed by atoms with Crippen LogP contribution in [0.15, 0.2) is 18.2 Å². The van der Waals surface area contributed by atoms with Crippen LogP contribution >= 0.6 is 23.2 Å². The van der Waals surface area contributed by atoms with Crippen molar-refractivity contribution in [2.45, 2.75) is 51.2 Å². The summed E-state index contributed by atoms with van der Waals surface area (Å²) in [4.78, 5) is 0. The second-order valence-electron chi connectivity index (χ2n) is 5.65. The van der Waals surface area contributed by atoms with Crippen LogP contribution in [0.5, 0.6) is 0 Å². The van der Waals surface area contributed by atoms with Crippen molar-refractivity contribution in [1.82, 2.24) is 5.32 Å². The second-order valence-corrected chi connectivity index (χ2v) is 6.49. The molecule has 0 spiro atoms. The Morgan fingerprint density at radius 2 is 2.05 bits per heavy atom. The largest absolute Gasteiger partial charge is 0.393 e. The van der Waals surface area contributed by atoms with E-state index < -0.39 is 0 Å². The molecule has 20 heavy (non-hydrogen) atoms. The first-order valence-electron chi connectivity index (χ1n) is 7.48. The van der Waals surface area contributed by atoms with Gasteiger partial charge in [-0.3, -0.25) is 0 Å². The van der Waals surface area contributed by atoms with Crippen molar-refractivity contribution in [2.75, 3.05) is 6.54 Å². The summed E-state index contributed by atoms with van der Waals surface area (Å²) >= 11 is 12.2. The molecule has 1 aliphatic carbocycles. The third-order valence-corrected chi connectivity index (χ3v) is 4.80. The van der Waals surface area contributed by atoms with E-state index in [0.29, 0.717) is 16.0 Å². The maximum Gasteiger partial charge on any atom is 0.0580 e. The molecule has 1 saturated carbocycles.